The van der Waals surface area contributed by atoms with Crippen LogP contribution in [0.2, 0.25) is 0 Å². The maximum absolute atomic E-state index is 5.89. The van der Waals surface area contributed by atoms with Gasteiger partial charge in [0.25, 0.3) is 0 Å². The summed E-state index contributed by atoms with van der Waals surface area (Å²) in [5.41, 5.74) is 1.10. The first-order chi connectivity index (χ1) is 8.38. The molecule has 0 saturated carbocycles. The maximum Gasteiger partial charge on any atom is 0.125 e. The van der Waals surface area contributed by atoms with E-state index in [4.69, 9.17) is 14.2 Å². The molecule has 17 heavy (non-hydrogen) atoms. The molecule has 1 aromatic carbocycles. The number of fused-ring (bicyclic) bond motifs is 3. The number of morpholine rings is 1. The fourth-order valence-corrected chi connectivity index (χ4v) is 2.52. The summed E-state index contributed by atoms with van der Waals surface area (Å²) in [6, 6.07) is 6.26. The van der Waals surface area contributed by atoms with E-state index in [9.17, 15) is 0 Å². The Labute approximate surface area is 101 Å². The summed E-state index contributed by atoms with van der Waals surface area (Å²) < 4.78 is 16.9. The number of nitrogens with one attached hydrogen (secondary N) is 1. The van der Waals surface area contributed by atoms with Crippen LogP contribution in [0.1, 0.15) is 18.1 Å². The molecule has 3 rings (SSSR count). The number of rotatable bonds is 1. The third kappa shape index (κ3) is 1.98. The zero-order chi connectivity index (χ0) is 11.7. The van der Waals surface area contributed by atoms with Gasteiger partial charge in [0.15, 0.2) is 0 Å². The average molecular weight is 235 g/mol. The van der Waals surface area contributed by atoms with E-state index in [1.165, 1.54) is 0 Å². The summed E-state index contributed by atoms with van der Waals surface area (Å²) in [7, 11) is 1.68. The summed E-state index contributed by atoms with van der Waals surface area (Å²) in [4.78, 5) is 0. The molecule has 2 aliphatic heterocycles. The zero-order valence-electron chi connectivity index (χ0n) is 9.94. The van der Waals surface area contributed by atoms with Crippen molar-refractivity contribution in [1.82, 2.24) is 5.32 Å². The van der Waals surface area contributed by atoms with Crippen LogP contribution in [0.5, 0.6) is 11.5 Å². The predicted octanol–water partition coefficient (Wildman–Crippen LogP) is 1.51. The second kappa shape index (κ2) is 4.55. The second-order valence-corrected chi connectivity index (χ2v) is 4.39. The van der Waals surface area contributed by atoms with Crippen molar-refractivity contribution in [2.24, 2.45) is 0 Å². The topological polar surface area (TPSA) is 39.7 Å². The van der Waals surface area contributed by atoms with Crippen LogP contribution < -0.4 is 14.8 Å². The first-order valence-corrected chi connectivity index (χ1v) is 6.04. The van der Waals surface area contributed by atoms with Gasteiger partial charge >= 0.3 is 0 Å². The van der Waals surface area contributed by atoms with E-state index in [2.05, 4.69) is 5.32 Å². The monoisotopic (exact) mass is 235 g/mol. The molecule has 1 aromatic rings. The number of ether oxygens (including phenoxy) is 3. The molecule has 0 aliphatic carbocycles. The Morgan fingerprint density at radius 2 is 2.29 bits per heavy atom. The molecule has 2 heterocycles. The van der Waals surface area contributed by atoms with Gasteiger partial charge in [0.05, 0.1) is 20.3 Å². The van der Waals surface area contributed by atoms with Gasteiger partial charge in [0.2, 0.25) is 0 Å². The van der Waals surface area contributed by atoms with Crippen molar-refractivity contribution in [3.05, 3.63) is 23.8 Å². The van der Waals surface area contributed by atoms with Crippen molar-refractivity contribution in [3.63, 3.8) is 0 Å². The molecule has 2 aliphatic rings. The minimum absolute atomic E-state index is 0.0800. The number of hydrogen-bond acceptors (Lipinski definition) is 4. The molecule has 0 aromatic heterocycles. The molecule has 0 amide bonds. The maximum atomic E-state index is 5.89. The Kier molecular flexibility index (Phi) is 2.91. The van der Waals surface area contributed by atoms with Crippen molar-refractivity contribution in [2.45, 2.75) is 18.6 Å². The van der Waals surface area contributed by atoms with E-state index in [1.54, 1.807) is 7.11 Å². The molecule has 0 radical (unpaired) electrons. The second-order valence-electron chi connectivity index (χ2n) is 4.39. The van der Waals surface area contributed by atoms with Crippen molar-refractivity contribution in [1.29, 1.82) is 0 Å². The number of hydrogen-bond donors (Lipinski definition) is 1. The van der Waals surface area contributed by atoms with Crippen molar-refractivity contribution >= 4 is 0 Å². The van der Waals surface area contributed by atoms with E-state index < -0.39 is 0 Å². The summed E-state index contributed by atoms with van der Waals surface area (Å²) >= 11 is 0. The molecule has 1 saturated heterocycles. The first kappa shape index (κ1) is 10.9. The fraction of sp³-hybridized carbons (Fsp3) is 0.538. The number of methoxy groups -OCH3 is 1. The van der Waals surface area contributed by atoms with Gasteiger partial charge in [0, 0.05) is 18.2 Å². The SMILES string of the molecule is COc1ccc2c(c1)C1OCCNC1CCO2. The normalized spacial score (nSPS) is 27.4. The molecule has 92 valence electrons. The molecule has 2 atom stereocenters. The van der Waals surface area contributed by atoms with Crippen LogP contribution in [0, 0.1) is 0 Å². The highest BCUT2D eigenvalue weighted by Crippen LogP contribution is 2.37. The van der Waals surface area contributed by atoms with Gasteiger partial charge in [-0.3, -0.25) is 0 Å². The van der Waals surface area contributed by atoms with Crippen LogP contribution in [-0.2, 0) is 4.74 Å². The third-order valence-corrected chi connectivity index (χ3v) is 3.38. The van der Waals surface area contributed by atoms with E-state index >= 15 is 0 Å². The fourth-order valence-electron chi connectivity index (χ4n) is 2.52. The molecule has 0 spiro atoms. The molecule has 1 fully saturated rings. The van der Waals surface area contributed by atoms with Crippen LogP contribution in [0.25, 0.3) is 0 Å². The molecular weight excluding hydrogens is 218 g/mol. The highest BCUT2D eigenvalue weighted by atomic mass is 16.5. The highest BCUT2D eigenvalue weighted by Gasteiger charge is 2.32. The lowest BCUT2D eigenvalue weighted by molar-refractivity contribution is -0.00593. The van der Waals surface area contributed by atoms with E-state index in [-0.39, 0.29) is 6.10 Å². The van der Waals surface area contributed by atoms with Gasteiger partial charge in [-0.2, -0.15) is 0 Å². The van der Waals surface area contributed by atoms with Crippen LogP contribution in [0.3, 0.4) is 0 Å². The van der Waals surface area contributed by atoms with E-state index in [0.717, 1.165) is 43.2 Å². The molecule has 1 N–H and O–H groups in total. The lowest BCUT2D eigenvalue weighted by Gasteiger charge is -2.31. The summed E-state index contributed by atoms with van der Waals surface area (Å²) in [5, 5.41) is 3.49. The Balaban J connectivity index is 2.00. The summed E-state index contributed by atoms with van der Waals surface area (Å²) in [5.74, 6) is 1.77. The molecule has 2 unspecified atom stereocenters. The van der Waals surface area contributed by atoms with Gasteiger partial charge in [-0.25, -0.2) is 0 Å². The van der Waals surface area contributed by atoms with Crippen LogP contribution in [0.4, 0.5) is 0 Å². The Morgan fingerprint density at radius 1 is 1.35 bits per heavy atom. The Morgan fingerprint density at radius 3 is 3.18 bits per heavy atom. The van der Waals surface area contributed by atoms with Gasteiger partial charge in [-0.15, -0.1) is 0 Å². The Bertz CT molecular complexity index is 408. The van der Waals surface area contributed by atoms with Crippen molar-refractivity contribution in [2.75, 3.05) is 26.9 Å². The first-order valence-electron chi connectivity index (χ1n) is 6.04. The zero-order valence-corrected chi connectivity index (χ0v) is 9.94. The number of benzene rings is 1. The summed E-state index contributed by atoms with van der Waals surface area (Å²) in [6.07, 6.45) is 1.05. The van der Waals surface area contributed by atoms with Gasteiger partial charge in [-0.05, 0) is 24.6 Å². The van der Waals surface area contributed by atoms with E-state index in [1.807, 2.05) is 18.2 Å². The Hall–Kier alpha value is -1.26. The van der Waals surface area contributed by atoms with Gasteiger partial charge in [-0.1, -0.05) is 0 Å². The van der Waals surface area contributed by atoms with Gasteiger partial charge < -0.3 is 19.5 Å². The molecule has 4 nitrogen and oxygen atoms in total. The van der Waals surface area contributed by atoms with Crippen LogP contribution in [0.15, 0.2) is 18.2 Å². The van der Waals surface area contributed by atoms with Crippen molar-refractivity contribution in [3.8, 4) is 11.5 Å². The average Bonchev–Trinajstić information content (AvgIpc) is 2.57. The predicted molar refractivity (Wildman–Crippen MR) is 63.6 cm³/mol. The highest BCUT2D eigenvalue weighted by molar-refractivity contribution is 5.43. The third-order valence-electron chi connectivity index (χ3n) is 3.38. The van der Waals surface area contributed by atoms with Gasteiger partial charge in [0.1, 0.15) is 17.6 Å². The smallest absolute Gasteiger partial charge is 0.125 e. The minimum Gasteiger partial charge on any atom is -0.497 e. The molecule has 0 bridgehead atoms. The standard InChI is InChI=1S/C13H17NO3/c1-15-9-2-3-12-10(8-9)13-11(4-6-16-12)14-5-7-17-13/h2-3,8,11,13-14H,4-7H2,1H3. The van der Waals surface area contributed by atoms with Crippen LogP contribution >= 0.6 is 0 Å². The minimum atomic E-state index is 0.0800. The quantitative estimate of drug-likeness (QED) is 0.801. The molecule has 4 heteroatoms. The lowest BCUT2D eigenvalue weighted by atomic mass is 9.98. The van der Waals surface area contributed by atoms with Crippen molar-refractivity contribution < 1.29 is 14.2 Å². The lowest BCUT2D eigenvalue weighted by Crippen LogP contribution is -2.43. The largest absolute Gasteiger partial charge is 0.497 e. The van der Waals surface area contributed by atoms with E-state index in [0.29, 0.717) is 6.04 Å². The van der Waals surface area contributed by atoms with Crippen LogP contribution in [-0.4, -0.2) is 32.9 Å². The summed E-state index contributed by atoms with van der Waals surface area (Å²) in [6.45, 7) is 2.40. The molecular formula is C13H17NO3.